The highest BCUT2D eigenvalue weighted by atomic mass is 16.5. The molecule has 0 amide bonds. The number of hydrogen-bond acceptors (Lipinski definition) is 3. The van der Waals surface area contributed by atoms with E-state index >= 15 is 0 Å². The number of benzene rings is 3. The van der Waals surface area contributed by atoms with Crippen LogP contribution in [0.15, 0.2) is 84.9 Å². The standard InChI is InChI=1S/C28H28O3/c29-27-14-8-7-13-24(27)19-26(22-11-5-2-6-12-22)28(30)23-15-17-25(18-16-23)31-20-21-9-3-1-4-10-21/h1-6,9-12,15-18,24,26H,7-8,13-14,19-20H2. The second-order valence-corrected chi connectivity index (χ2v) is 8.27. The Balaban J connectivity index is 1.48. The number of ether oxygens (including phenoxy) is 1. The molecule has 0 N–H and O–H groups in total. The molecule has 0 aromatic heterocycles. The quantitative estimate of drug-likeness (QED) is 0.403. The van der Waals surface area contributed by atoms with E-state index < -0.39 is 0 Å². The second-order valence-electron chi connectivity index (χ2n) is 8.27. The molecule has 1 fully saturated rings. The minimum Gasteiger partial charge on any atom is -0.489 e. The molecule has 1 aliphatic carbocycles. The Hall–Kier alpha value is -3.20. The van der Waals surface area contributed by atoms with Gasteiger partial charge in [0, 0.05) is 23.8 Å². The lowest BCUT2D eigenvalue weighted by Gasteiger charge is -2.25. The minimum atomic E-state index is -0.302. The van der Waals surface area contributed by atoms with Gasteiger partial charge in [-0.1, -0.05) is 67.1 Å². The highest BCUT2D eigenvalue weighted by molar-refractivity contribution is 6.01. The number of carbonyl (C=O) groups is 2. The number of carbonyl (C=O) groups excluding carboxylic acids is 2. The van der Waals surface area contributed by atoms with E-state index in [2.05, 4.69) is 0 Å². The fourth-order valence-electron chi connectivity index (χ4n) is 4.33. The first-order chi connectivity index (χ1) is 15.2. The van der Waals surface area contributed by atoms with E-state index in [0.717, 1.165) is 36.1 Å². The lowest BCUT2D eigenvalue weighted by Crippen LogP contribution is -2.24. The van der Waals surface area contributed by atoms with Crippen LogP contribution >= 0.6 is 0 Å². The molecule has 4 rings (SSSR count). The van der Waals surface area contributed by atoms with E-state index in [1.54, 1.807) is 0 Å². The molecule has 1 aliphatic rings. The third kappa shape index (κ3) is 5.49. The van der Waals surface area contributed by atoms with Crippen molar-refractivity contribution in [3.63, 3.8) is 0 Å². The van der Waals surface area contributed by atoms with Crippen LogP contribution in [0.5, 0.6) is 5.75 Å². The van der Waals surface area contributed by atoms with Gasteiger partial charge in [0.05, 0.1) is 0 Å². The normalized spacial score (nSPS) is 17.2. The van der Waals surface area contributed by atoms with E-state index in [-0.39, 0.29) is 17.6 Å². The van der Waals surface area contributed by atoms with Crippen LogP contribution in [0.2, 0.25) is 0 Å². The van der Waals surface area contributed by atoms with Gasteiger partial charge >= 0.3 is 0 Å². The summed E-state index contributed by atoms with van der Waals surface area (Å²) in [5, 5.41) is 0. The van der Waals surface area contributed by atoms with E-state index in [9.17, 15) is 9.59 Å². The Morgan fingerprint density at radius 2 is 1.55 bits per heavy atom. The molecule has 0 spiro atoms. The van der Waals surface area contributed by atoms with Crippen molar-refractivity contribution >= 4 is 11.6 Å². The molecule has 31 heavy (non-hydrogen) atoms. The zero-order valence-corrected chi connectivity index (χ0v) is 17.7. The summed E-state index contributed by atoms with van der Waals surface area (Å²) in [6.07, 6.45) is 4.17. The number of ketones is 2. The van der Waals surface area contributed by atoms with Gasteiger partial charge in [-0.15, -0.1) is 0 Å². The molecule has 2 unspecified atom stereocenters. The second kappa shape index (κ2) is 10.2. The first kappa shape index (κ1) is 21.0. The van der Waals surface area contributed by atoms with Gasteiger partial charge in [-0.05, 0) is 54.7 Å². The Labute approximate surface area is 184 Å². The Kier molecular flexibility index (Phi) is 6.93. The van der Waals surface area contributed by atoms with Gasteiger partial charge in [-0.2, -0.15) is 0 Å². The molecular formula is C28H28O3. The molecule has 0 saturated heterocycles. The van der Waals surface area contributed by atoms with Crippen molar-refractivity contribution < 1.29 is 14.3 Å². The summed E-state index contributed by atoms with van der Waals surface area (Å²) in [6.45, 7) is 0.491. The van der Waals surface area contributed by atoms with Crippen molar-refractivity contribution in [1.29, 1.82) is 0 Å². The topological polar surface area (TPSA) is 43.4 Å². The first-order valence-electron chi connectivity index (χ1n) is 11.1. The van der Waals surface area contributed by atoms with Gasteiger partial charge in [0.2, 0.25) is 0 Å². The van der Waals surface area contributed by atoms with Crippen molar-refractivity contribution in [1.82, 2.24) is 0 Å². The van der Waals surface area contributed by atoms with Crippen molar-refractivity contribution in [2.45, 2.75) is 44.6 Å². The van der Waals surface area contributed by atoms with Gasteiger partial charge in [-0.25, -0.2) is 0 Å². The van der Waals surface area contributed by atoms with Gasteiger partial charge in [0.15, 0.2) is 5.78 Å². The average molecular weight is 413 g/mol. The van der Waals surface area contributed by atoms with Gasteiger partial charge in [0.1, 0.15) is 18.1 Å². The highest BCUT2D eigenvalue weighted by Crippen LogP contribution is 2.33. The van der Waals surface area contributed by atoms with Gasteiger partial charge < -0.3 is 4.74 Å². The zero-order valence-electron chi connectivity index (χ0n) is 17.7. The summed E-state index contributed by atoms with van der Waals surface area (Å²) in [5.41, 5.74) is 2.74. The summed E-state index contributed by atoms with van der Waals surface area (Å²) < 4.78 is 5.85. The molecule has 0 heterocycles. The van der Waals surface area contributed by atoms with E-state index in [1.807, 2.05) is 84.9 Å². The number of hydrogen-bond donors (Lipinski definition) is 0. The SMILES string of the molecule is O=C1CCCCC1CC(C(=O)c1ccc(OCc2ccccc2)cc1)c1ccccc1. The van der Waals surface area contributed by atoms with E-state index in [1.165, 1.54) is 0 Å². The summed E-state index contributed by atoms with van der Waals surface area (Å²) >= 11 is 0. The average Bonchev–Trinajstić information content (AvgIpc) is 2.83. The van der Waals surface area contributed by atoms with Crippen LogP contribution < -0.4 is 4.74 Å². The highest BCUT2D eigenvalue weighted by Gasteiger charge is 2.30. The lowest BCUT2D eigenvalue weighted by atomic mass is 9.77. The van der Waals surface area contributed by atoms with Crippen LogP contribution in [0.1, 0.15) is 59.5 Å². The molecule has 0 bridgehead atoms. The third-order valence-corrected chi connectivity index (χ3v) is 6.11. The maximum Gasteiger partial charge on any atom is 0.170 e. The van der Waals surface area contributed by atoms with Gasteiger partial charge in [-0.3, -0.25) is 9.59 Å². The first-order valence-corrected chi connectivity index (χ1v) is 11.1. The molecule has 3 aromatic carbocycles. The molecule has 3 aromatic rings. The maximum atomic E-state index is 13.5. The van der Waals surface area contributed by atoms with E-state index in [0.29, 0.717) is 30.8 Å². The third-order valence-electron chi connectivity index (χ3n) is 6.11. The monoisotopic (exact) mass is 412 g/mol. The minimum absolute atomic E-state index is 0.0172. The summed E-state index contributed by atoms with van der Waals surface area (Å²) in [5.74, 6) is 0.795. The summed E-state index contributed by atoms with van der Waals surface area (Å²) in [7, 11) is 0. The predicted molar refractivity (Wildman–Crippen MR) is 122 cm³/mol. The Bertz CT molecular complexity index is 993. The van der Waals surface area contributed by atoms with Crippen LogP contribution in [0.4, 0.5) is 0 Å². The number of rotatable bonds is 8. The molecular weight excluding hydrogens is 384 g/mol. The van der Waals surface area contributed by atoms with E-state index in [4.69, 9.17) is 4.74 Å². The molecule has 0 radical (unpaired) electrons. The fraction of sp³-hybridized carbons (Fsp3) is 0.286. The van der Waals surface area contributed by atoms with Crippen molar-refractivity contribution in [2.24, 2.45) is 5.92 Å². The molecule has 3 heteroatoms. The van der Waals surface area contributed by atoms with Crippen LogP contribution in [0.3, 0.4) is 0 Å². The summed E-state index contributed by atoms with van der Waals surface area (Å²) in [6, 6.07) is 27.2. The predicted octanol–water partition coefficient (Wildman–Crippen LogP) is 6.38. The van der Waals surface area contributed by atoms with Crippen LogP contribution in [-0.4, -0.2) is 11.6 Å². The van der Waals surface area contributed by atoms with Gasteiger partial charge in [0.25, 0.3) is 0 Å². The molecule has 2 atom stereocenters. The maximum absolute atomic E-state index is 13.5. The van der Waals surface area contributed by atoms with Crippen molar-refractivity contribution in [2.75, 3.05) is 0 Å². The summed E-state index contributed by atoms with van der Waals surface area (Å²) in [4.78, 5) is 25.9. The molecule has 3 nitrogen and oxygen atoms in total. The van der Waals surface area contributed by atoms with Crippen LogP contribution in [0.25, 0.3) is 0 Å². The van der Waals surface area contributed by atoms with Crippen molar-refractivity contribution in [3.8, 4) is 5.75 Å². The molecule has 1 saturated carbocycles. The molecule has 0 aliphatic heterocycles. The fourth-order valence-corrected chi connectivity index (χ4v) is 4.33. The lowest BCUT2D eigenvalue weighted by molar-refractivity contribution is -0.124. The smallest absolute Gasteiger partial charge is 0.170 e. The molecule has 158 valence electrons. The Morgan fingerprint density at radius 1 is 0.871 bits per heavy atom. The van der Waals surface area contributed by atoms with Crippen molar-refractivity contribution in [3.05, 3.63) is 102 Å². The zero-order chi connectivity index (χ0) is 21.5. The van der Waals surface area contributed by atoms with Crippen LogP contribution in [-0.2, 0) is 11.4 Å². The Morgan fingerprint density at radius 3 is 2.23 bits per heavy atom. The largest absolute Gasteiger partial charge is 0.489 e. The number of Topliss-reactive ketones (excluding diaryl/α,β-unsaturated/α-hetero) is 2. The van der Waals surface area contributed by atoms with Crippen LogP contribution in [0, 0.1) is 5.92 Å².